The molecule has 6 nitrogen and oxygen atoms in total. The zero-order valence-corrected chi connectivity index (χ0v) is 11.6. The van der Waals surface area contributed by atoms with Crippen molar-refractivity contribution in [3.05, 3.63) is 40.6 Å². The third kappa shape index (κ3) is 3.03. The Morgan fingerprint density at radius 2 is 2.10 bits per heavy atom. The molecule has 20 heavy (non-hydrogen) atoms. The van der Waals surface area contributed by atoms with Crippen LogP contribution in [0.2, 0.25) is 0 Å². The number of nitrogens with one attached hydrogen (secondary N) is 2. The molecule has 1 aromatic carbocycles. The normalized spacial score (nSPS) is 12.3. The van der Waals surface area contributed by atoms with Crippen LogP contribution in [0.15, 0.2) is 30.5 Å². The Balaban J connectivity index is 2.37. The van der Waals surface area contributed by atoms with Gasteiger partial charge in [-0.25, -0.2) is 4.98 Å². The first-order valence-corrected chi connectivity index (χ1v) is 6.54. The zero-order chi connectivity index (χ0) is 14.5. The highest BCUT2D eigenvalue weighted by molar-refractivity contribution is 5.95. The zero-order valence-electron chi connectivity index (χ0n) is 11.6. The van der Waals surface area contributed by atoms with E-state index in [1.54, 1.807) is 0 Å². The number of benzene rings is 1. The van der Waals surface area contributed by atoms with Crippen molar-refractivity contribution in [2.75, 3.05) is 25.5 Å². The molecular formula is C14H18N4O2. The molecule has 1 atom stereocenters. The van der Waals surface area contributed by atoms with E-state index in [0.717, 1.165) is 17.4 Å². The topological polar surface area (TPSA) is 80.1 Å². The molecule has 0 aliphatic rings. The number of rotatable bonds is 6. The summed E-state index contributed by atoms with van der Waals surface area (Å²) in [5, 5.41) is 18.2. The van der Waals surface area contributed by atoms with E-state index in [-0.39, 0.29) is 5.69 Å². The fraction of sp³-hybridized carbons (Fsp3) is 0.357. The first kappa shape index (κ1) is 14.2. The van der Waals surface area contributed by atoms with Crippen molar-refractivity contribution < 1.29 is 4.92 Å². The Kier molecular flexibility index (Phi) is 4.47. The number of nitro groups is 1. The molecule has 106 valence electrons. The van der Waals surface area contributed by atoms with Gasteiger partial charge in [0.25, 0.3) is 0 Å². The van der Waals surface area contributed by atoms with Crippen LogP contribution in [0.3, 0.4) is 0 Å². The molecule has 0 saturated carbocycles. The summed E-state index contributed by atoms with van der Waals surface area (Å²) in [6.45, 7) is 3.60. The van der Waals surface area contributed by atoms with Gasteiger partial charge in [0.1, 0.15) is 11.9 Å². The molecule has 0 aliphatic carbocycles. The van der Waals surface area contributed by atoms with E-state index < -0.39 is 4.92 Å². The van der Waals surface area contributed by atoms with Crippen LogP contribution in [0.1, 0.15) is 6.92 Å². The average Bonchev–Trinajstić information content (AvgIpc) is 2.44. The second-order valence-corrected chi connectivity index (χ2v) is 4.84. The second kappa shape index (κ2) is 6.29. The van der Waals surface area contributed by atoms with Crippen molar-refractivity contribution in [3.8, 4) is 0 Å². The lowest BCUT2D eigenvalue weighted by atomic mass is 10.1. The summed E-state index contributed by atoms with van der Waals surface area (Å²) in [4.78, 5) is 14.9. The molecule has 0 amide bonds. The molecule has 0 saturated heterocycles. The maximum atomic E-state index is 11.1. The predicted molar refractivity (Wildman–Crippen MR) is 80.0 cm³/mol. The lowest BCUT2D eigenvalue weighted by molar-refractivity contribution is -0.384. The number of para-hydroxylation sites is 1. The van der Waals surface area contributed by atoms with Gasteiger partial charge >= 0.3 is 5.69 Å². The largest absolute Gasteiger partial charge is 0.379 e. The SMILES string of the molecule is CNCC(C)CNc1c([N+](=O)[O-])cnc2ccccc12. The van der Waals surface area contributed by atoms with Gasteiger partial charge in [-0.2, -0.15) is 0 Å². The smallest absolute Gasteiger partial charge is 0.311 e. The number of pyridine rings is 1. The number of nitrogens with zero attached hydrogens (tertiary/aromatic N) is 2. The Labute approximate surface area is 117 Å². The highest BCUT2D eigenvalue weighted by Gasteiger charge is 2.18. The van der Waals surface area contributed by atoms with Gasteiger partial charge in [-0.05, 0) is 25.6 Å². The average molecular weight is 274 g/mol. The van der Waals surface area contributed by atoms with Crippen LogP contribution in [-0.2, 0) is 0 Å². The molecule has 0 radical (unpaired) electrons. The van der Waals surface area contributed by atoms with Gasteiger partial charge in [-0.1, -0.05) is 25.1 Å². The van der Waals surface area contributed by atoms with Crippen molar-refractivity contribution in [1.29, 1.82) is 0 Å². The van der Waals surface area contributed by atoms with E-state index in [4.69, 9.17) is 0 Å². The van der Waals surface area contributed by atoms with E-state index in [1.165, 1.54) is 6.20 Å². The van der Waals surface area contributed by atoms with Crippen LogP contribution in [0, 0.1) is 16.0 Å². The van der Waals surface area contributed by atoms with Gasteiger partial charge in [0.2, 0.25) is 0 Å². The van der Waals surface area contributed by atoms with Crippen molar-refractivity contribution >= 4 is 22.3 Å². The minimum atomic E-state index is -0.398. The van der Waals surface area contributed by atoms with E-state index in [1.807, 2.05) is 31.3 Å². The van der Waals surface area contributed by atoms with Gasteiger partial charge in [-0.15, -0.1) is 0 Å². The summed E-state index contributed by atoms with van der Waals surface area (Å²) in [6, 6.07) is 7.42. The van der Waals surface area contributed by atoms with Gasteiger partial charge in [0, 0.05) is 11.9 Å². The number of anilines is 1. The van der Waals surface area contributed by atoms with Crippen LogP contribution < -0.4 is 10.6 Å². The van der Waals surface area contributed by atoms with Gasteiger partial charge in [-0.3, -0.25) is 10.1 Å². The maximum Gasteiger partial charge on any atom is 0.311 e. The Morgan fingerprint density at radius 3 is 2.80 bits per heavy atom. The van der Waals surface area contributed by atoms with Gasteiger partial charge < -0.3 is 10.6 Å². The summed E-state index contributed by atoms with van der Waals surface area (Å²) < 4.78 is 0. The minimum Gasteiger partial charge on any atom is -0.379 e. The molecule has 2 rings (SSSR count). The summed E-state index contributed by atoms with van der Waals surface area (Å²) in [6.07, 6.45) is 1.31. The van der Waals surface area contributed by atoms with Gasteiger partial charge in [0.05, 0.1) is 10.4 Å². The van der Waals surface area contributed by atoms with Crippen LogP contribution in [-0.4, -0.2) is 30.0 Å². The summed E-state index contributed by atoms with van der Waals surface area (Å²) in [5.74, 6) is 0.367. The third-order valence-corrected chi connectivity index (χ3v) is 3.13. The molecule has 2 aromatic rings. The van der Waals surface area contributed by atoms with Crippen molar-refractivity contribution in [2.24, 2.45) is 5.92 Å². The molecule has 0 bridgehead atoms. The van der Waals surface area contributed by atoms with Crippen molar-refractivity contribution in [2.45, 2.75) is 6.92 Å². The molecule has 2 N–H and O–H groups in total. The maximum absolute atomic E-state index is 11.1. The van der Waals surface area contributed by atoms with E-state index >= 15 is 0 Å². The van der Waals surface area contributed by atoms with Crippen molar-refractivity contribution in [3.63, 3.8) is 0 Å². The number of hydrogen-bond acceptors (Lipinski definition) is 5. The number of aromatic nitrogens is 1. The standard InChI is InChI=1S/C14H18N4O2/c1-10(7-15-2)8-17-14-11-5-3-4-6-12(11)16-9-13(14)18(19)20/h3-6,9-10,15H,7-8H2,1-2H3,(H,16,17). The first-order valence-electron chi connectivity index (χ1n) is 6.54. The highest BCUT2D eigenvalue weighted by Crippen LogP contribution is 2.31. The van der Waals surface area contributed by atoms with E-state index in [9.17, 15) is 10.1 Å². The molecule has 1 unspecified atom stereocenters. The number of fused-ring (bicyclic) bond motifs is 1. The lowest BCUT2D eigenvalue weighted by Gasteiger charge is -2.14. The molecule has 0 aliphatic heterocycles. The Morgan fingerprint density at radius 1 is 1.35 bits per heavy atom. The Bertz CT molecular complexity index is 615. The molecule has 0 fully saturated rings. The molecule has 1 aromatic heterocycles. The Hall–Kier alpha value is -2.21. The quantitative estimate of drug-likeness (QED) is 0.624. The lowest BCUT2D eigenvalue weighted by Crippen LogP contribution is -2.23. The third-order valence-electron chi connectivity index (χ3n) is 3.13. The monoisotopic (exact) mass is 274 g/mol. The van der Waals surface area contributed by atoms with Crippen LogP contribution >= 0.6 is 0 Å². The summed E-state index contributed by atoms with van der Waals surface area (Å²) in [7, 11) is 1.89. The van der Waals surface area contributed by atoms with E-state index in [0.29, 0.717) is 18.2 Å². The van der Waals surface area contributed by atoms with E-state index in [2.05, 4.69) is 22.5 Å². The summed E-state index contributed by atoms with van der Waals surface area (Å²) >= 11 is 0. The first-order chi connectivity index (χ1) is 9.63. The van der Waals surface area contributed by atoms with Gasteiger partial charge in [0.15, 0.2) is 0 Å². The number of hydrogen-bond donors (Lipinski definition) is 2. The fourth-order valence-corrected chi connectivity index (χ4v) is 2.15. The second-order valence-electron chi connectivity index (χ2n) is 4.84. The van der Waals surface area contributed by atoms with Crippen LogP contribution in [0.5, 0.6) is 0 Å². The predicted octanol–water partition coefficient (Wildman–Crippen LogP) is 2.41. The fourth-order valence-electron chi connectivity index (χ4n) is 2.15. The molecule has 6 heteroatoms. The molecule has 0 spiro atoms. The van der Waals surface area contributed by atoms with Crippen LogP contribution in [0.25, 0.3) is 10.9 Å². The summed E-state index contributed by atoms with van der Waals surface area (Å²) in [5.41, 5.74) is 1.31. The molecule has 1 heterocycles. The highest BCUT2D eigenvalue weighted by atomic mass is 16.6. The molecular weight excluding hydrogens is 256 g/mol. The van der Waals surface area contributed by atoms with Crippen molar-refractivity contribution in [1.82, 2.24) is 10.3 Å². The van der Waals surface area contributed by atoms with Crippen LogP contribution in [0.4, 0.5) is 11.4 Å². The minimum absolute atomic E-state index is 0.0142.